The van der Waals surface area contributed by atoms with Crippen LogP contribution in [0.4, 0.5) is 0 Å². The number of aliphatic carboxylic acids is 1. The smallest absolute Gasteiger partial charge is 0.310 e. The van der Waals surface area contributed by atoms with Crippen LogP contribution in [0.3, 0.4) is 0 Å². The van der Waals surface area contributed by atoms with Gasteiger partial charge in [0.1, 0.15) is 61.0 Å². The minimum atomic E-state index is -1.79. The van der Waals surface area contributed by atoms with Gasteiger partial charge in [-0.1, -0.05) is 60.1 Å². The summed E-state index contributed by atoms with van der Waals surface area (Å²) in [7, 11) is 0. The number of hydrogen-bond donors (Lipinski definition) is 9. The molecule has 0 amide bonds. The van der Waals surface area contributed by atoms with Crippen molar-refractivity contribution in [2.24, 2.45) is 50.2 Å². The minimum Gasteiger partial charge on any atom is -0.481 e. The molecule has 62 heavy (non-hydrogen) atoms. The maximum Gasteiger partial charge on any atom is 0.310 e. The van der Waals surface area contributed by atoms with Gasteiger partial charge >= 0.3 is 5.97 Å². The predicted molar refractivity (Wildman–Crippen MR) is 219 cm³/mol. The molecule has 7 fully saturated rings. The van der Waals surface area contributed by atoms with E-state index in [1.807, 2.05) is 0 Å². The van der Waals surface area contributed by atoms with E-state index in [9.17, 15) is 50.8 Å². The lowest BCUT2D eigenvalue weighted by molar-refractivity contribution is -0.384. The SMILES string of the molecule is CC1(C)CC[C@]2(C(=O)O)CC[C@]3(C)C(=CC[C@@H]4[C@@]5(C)CC[C@H](O[C@@H]6OC[C@H](O)[C@H](O[C@@H]7O[C@H](CO)[C@@H](O)[C@H](O)[C@H]7O)[C@H]6O[C@@H]6OC[C@@H](O)[C@H](O)[C@H]6O)C(C)(C)[C@@H]5CC[C@]43C)[C@@H]2C1. The third kappa shape index (κ3) is 7.28. The highest BCUT2D eigenvalue weighted by Crippen LogP contribution is 2.76. The van der Waals surface area contributed by atoms with Crippen molar-refractivity contribution in [3.8, 4) is 0 Å². The van der Waals surface area contributed by atoms with E-state index in [0.29, 0.717) is 18.8 Å². The fraction of sp³-hybridized carbons (Fsp3) is 0.935. The van der Waals surface area contributed by atoms with Crippen molar-refractivity contribution in [2.75, 3.05) is 19.8 Å². The number of ether oxygens (including phenoxy) is 6. The molecule has 0 radical (unpaired) electrons. The normalized spacial score (nSPS) is 53.6. The van der Waals surface area contributed by atoms with Crippen LogP contribution in [0, 0.1) is 50.2 Å². The van der Waals surface area contributed by atoms with E-state index in [0.717, 1.165) is 51.4 Å². The molecule has 0 unspecified atom stereocenters. The quantitative estimate of drug-likeness (QED) is 0.125. The first-order valence-electron chi connectivity index (χ1n) is 23.1. The van der Waals surface area contributed by atoms with Gasteiger partial charge in [0, 0.05) is 0 Å². The van der Waals surface area contributed by atoms with Crippen LogP contribution in [-0.4, -0.2) is 158 Å². The molecule has 3 aliphatic heterocycles. The molecule has 21 atom stereocenters. The van der Waals surface area contributed by atoms with E-state index in [4.69, 9.17) is 28.4 Å². The zero-order valence-corrected chi connectivity index (χ0v) is 37.5. The van der Waals surface area contributed by atoms with Crippen molar-refractivity contribution >= 4 is 5.97 Å². The van der Waals surface area contributed by atoms with E-state index in [-0.39, 0.29) is 46.7 Å². The van der Waals surface area contributed by atoms with Crippen LogP contribution >= 0.6 is 0 Å². The number of rotatable bonds is 8. The van der Waals surface area contributed by atoms with Crippen LogP contribution in [0.1, 0.15) is 113 Å². The number of aliphatic hydroxyl groups is 8. The maximum atomic E-state index is 13.1. The molecule has 3 heterocycles. The molecule has 0 spiro atoms. The van der Waals surface area contributed by atoms with Crippen LogP contribution in [0.5, 0.6) is 0 Å². The molecular formula is C46H74O16. The molecule has 16 heteroatoms. The Morgan fingerprint density at radius 3 is 2.03 bits per heavy atom. The molecular weight excluding hydrogens is 808 g/mol. The number of hydrogen-bond acceptors (Lipinski definition) is 15. The molecule has 354 valence electrons. The Morgan fingerprint density at radius 1 is 0.694 bits per heavy atom. The van der Waals surface area contributed by atoms with E-state index in [2.05, 4.69) is 54.5 Å². The Balaban J connectivity index is 1.06. The molecule has 16 nitrogen and oxygen atoms in total. The van der Waals surface area contributed by atoms with Gasteiger partial charge in [-0.05, 0) is 109 Å². The predicted octanol–water partition coefficient (Wildman–Crippen LogP) is 1.98. The molecule has 0 aromatic carbocycles. The molecule has 4 saturated carbocycles. The largest absolute Gasteiger partial charge is 0.481 e. The van der Waals surface area contributed by atoms with Crippen molar-refractivity contribution < 1.29 is 79.2 Å². The lowest BCUT2D eigenvalue weighted by Crippen LogP contribution is -2.66. The van der Waals surface area contributed by atoms with Gasteiger partial charge in [-0.25, -0.2) is 0 Å². The van der Waals surface area contributed by atoms with Crippen molar-refractivity contribution in [3.05, 3.63) is 11.6 Å². The fourth-order valence-corrected chi connectivity index (χ4v) is 14.6. The van der Waals surface area contributed by atoms with Crippen LogP contribution in [0.15, 0.2) is 11.6 Å². The summed E-state index contributed by atoms with van der Waals surface area (Å²) in [6.45, 7) is 15.0. The first kappa shape index (κ1) is 47.2. The Morgan fingerprint density at radius 2 is 1.34 bits per heavy atom. The van der Waals surface area contributed by atoms with Crippen molar-refractivity contribution in [1.29, 1.82) is 0 Å². The Labute approximate surface area is 364 Å². The summed E-state index contributed by atoms with van der Waals surface area (Å²) in [5.74, 6) is -0.0522. The number of carboxylic acid groups (broad SMARTS) is 1. The number of fused-ring (bicyclic) bond motifs is 7. The highest BCUT2D eigenvalue weighted by molar-refractivity contribution is 5.76. The topological polar surface area (TPSA) is 255 Å². The number of carboxylic acids is 1. The third-order valence-corrected chi connectivity index (χ3v) is 18.6. The standard InChI is InChI=1S/C46H74O16/c1-41(2)14-16-46(40(55)56)17-15-44(6)22(23(46)18-41)8-9-28-43(5)12-11-29(42(3,4)27(43)10-13-45(28,44)7)60-39-36(62-37-33(53)30(50)24(48)20-57-37)35(25(49)21-58-39)61-38-34(54)32(52)31(51)26(19-47)59-38/h8,23-39,47-54H,9-21H2,1-7H3,(H,55,56)/t23-,24+,25-,26+,27-,28+,29-,30-,31+,32-,33+,34+,35-,36+,37-,38-,39-,43-,44+,45+,46-/m0/s1. The lowest BCUT2D eigenvalue weighted by Gasteiger charge is -2.71. The number of allylic oxidation sites excluding steroid dienone is 2. The second-order valence-electron chi connectivity index (χ2n) is 22.6. The molecule has 0 bridgehead atoms. The zero-order valence-electron chi connectivity index (χ0n) is 37.5. The van der Waals surface area contributed by atoms with Gasteiger partial charge in [0.05, 0.1) is 31.3 Å². The molecule has 0 aromatic rings. The molecule has 5 aliphatic carbocycles. The van der Waals surface area contributed by atoms with Crippen LogP contribution in [0.2, 0.25) is 0 Å². The Kier molecular flexibility index (Phi) is 12.5. The van der Waals surface area contributed by atoms with E-state index >= 15 is 0 Å². The summed E-state index contributed by atoms with van der Waals surface area (Å²) in [5.41, 5.74) is 0.0706. The average Bonchev–Trinajstić information content (AvgIpc) is 3.21. The van der Waals surface area contributed by atoms with Gasteiger partial charge in [-0.15, -0.1) is 0 Å². The van der Waals surface area contributed by atoms with Gasteiger partial charge in [-0.3, -0.25) is 4.79 Å². The van der Waals surface area contributed by atoms with Crippen LogP contribution < -0.4 is 0 Å². The highest BCUT2D eigenvalue weighted by atomic mass is 16.8. The van der Waals surface area contributed by atoms with Crippen molar-refractivity contribution in [2.45, 2.75) is 199 Å². The van der Waals surface area contributed by atoms with E-state index in [1.54, 1.807) is 0 Å². The third-order valence-electron chi connectivity index (χ3n) is 18.6. The monoisotopic (exact) mass is 882 g/mol. The van der Waals surface area contributed by atoms with Gasteiger partial charge in [-0.2, -0.15) is 0 Å². The molecule has 0 aromatic heterocycles. The summed E-state index contributed by atoms with van der Waals surface area (Å²) >= 11 is 0. The molecule has 9 N–H and O–H groups in total. The number of aliphatic hydroxyl groups excluding tert-OH is 8. The lowest BCUT2D eigenvalue weighted by atomic mass is 9.33. The van der Waals surface area contributed by atoms with Crippen LogP contribution in [-0.2, 0) is 33.2 Å². The second kappa shape index (κ2) is 16.5. The van der Waals surface area contributed by atoms with Gasteiger partial charge in [0.25, 0.3) is 0 Å². The van der Waals surface area contributed by atoms with Gasteiger partial charge < -0.3 is 74.4 Å². The van der Waals surface area contributed by atoms with E-state index < -0.39 is 109 Å². The Hall–Kier alpha value is -1.35. The van der Waals surface area contributed by atoms with Crippen molar-refractivity contribution in [3.63, 3.8) is 0 Å². The first-order chi connectivity index (χ1) is 29.0. The van der Waals surface area contributed by atoms with Crippen LogP contribution in [0.25, 0.3) is 0 Å². The summed E-state index contributed by atoms with van der Waals surface area (Å²) in [6.07, 6.45) is -9.35. The molecule has 3 saturated heterocycles. The Bertz CT molecular complexity index is 1690. The summed E-state index contributed by atoms with van der Waals surface area (Å²) in [4.78, 5) is 13.1. The summed E-state index contributed by atoms with van der Waals surface area (Å²) < 4.78 is 36.8. The maximum absolute atomic E-state index is 13.1. The fourth-order valence-electron chi connectivity index (χ4n) is 14.6. The van der Waals surface area contributed by atoms with E-state index in [1.165, 1.54) is 5.57 Å². The molecule has 8 aliphatic rings. The molecule has 8 rings (SSSR count). The highest BCUT2D eigenvalue weighted by Gasteiger charge is 2.70. The zero-order chi connectivity index (χ0) is 45.1. The van der Waals surface area contributed by atoms with Gasteiger partial charge in [0.2, 0.25) is 0 Å². The minimum absolute atomic E-state index is 0.0255. The second-order valence-corrected chi connectivity index (χ2v) is 22.6. The first-order valence-corrected chi connectivity index (χ1v) is 23.1. The van der Waals surface area contributed by atoms with Gasteiger partial charge in [0.15, 0.2) is 18.9 Å². The summed E-state index contributed by atoms with van der Waals surface area (Å²) in [6, 6.07) is 0. The van der Waals surface area contributed by atoms with Crippen molar-refractivity contribution in [1.82, 2.24) is 0 Å². The summed E-state index contributed by atoms with van der Waals surface area (Å²) in [5, 5.41) is 95.4. The average molecular weight is 883 g/mol. The number of carbonyl (C=O) groups is 1.